The first-order valence-electron chi connectivity index (χ1n) is 6.63. The summed E-state index contributed by atoms with van der Waals surface area (Å²) < 4.78 is 12.0. The van der Waals surface area contributed by atoms with E-state index in [0.717, 1.165) is 12.2 Å². The molecule has 0 amide bonds. The van der Waals surface area contributed by atoms with Crippen LogP contribution in [0.2, 0.25) is 0 Å². The summed E-state index contributed by atoms with van der Waals surface area (Å²) in [5.41, 5.74) is 1.26. The maximum absolute atomic E-state index is 6.11. The number of hydrogen-bond acceptors (Lipinski definition) is 2. The normalized spacial score (nSPS) is 31.5. The van der Waals surface area contributed by atoms with Gasteiger partial charge >= 0.3 is 0 Å². The third-order valence-corrected chi connectivity index (χ3v) is 3.99. The van der Waals surface area contributed by atoms with Gasteiger partial charge in [0.15, 0.2) is 0 Å². The van der Waals surface area contributed by atoms with Gasteiger partial charge in [0.05, 0.1) is 6.10 Å². The molecule has 0 aliphatic carbocycles. The maximum atomic E-state index is 6.11. The molecule has 0 radical (unpaired) electrons. The minimum atomic E-state index is 0.0205. The maximum Gasteiger partial charge on any atom is 0.119 e. The number of rotatable bonds is 3. The highest BCUT2D eigenvalue weighted by atomic mass is 16.6. The van der Waals surface area contributed by atoms with E-state index < -0.39 is 0 Å². The van der Waals surface area contributed by atoms with Crippen molar-refractivity contribution >= 4 is 0 Å². The molecule has 0 N–H and O–H groups in total. The molecule has 2 atom stereocenters. The van der Waals surface area contributed by atoms with Gasteiger partial charge in [0.25, 0.3) is 0 Å². The van der Waals surface area contributed by atoms with Crippen molar-refractivity contribution in [1.29, 1.82) is 0 Å². The molecule has 1 aromatic rings. The monoisotopic (exact) mass is 232 g/mol. The number of aryl methyl sites for hydroxylation is 1. The molecular formula is C15H20O2. The Morgan fingerprint density at radius 2 is 2.29 bits per heavy atom. The molecule has 2 bridgehead atoms. The predicted octanol–water partition coefficient (Wildman–Crippen LogP) is 3.48. The van der Waals surface area contributed by atoms with Crippen LogP contribution in [0.5, 0.6) is 5.75 Å². The van der Waals surface area contributed by atoms with Gasteiger partial charge in [-0.3, -0.25) is 0 Å². The van der Waals surface area contributed by atoms with Crippen LogP contribution >= 0.6 is 0 Å². The second-order valence-electron chi connectivity index (χ2n) is 5.46. The molecule has 2 aliphatic heterocycles. The number of ether oxygens (including phenoxy) is 2. The lowest BCUT2D eigenvalue weighted by atomic mass is 9.96. The Hall–Kier alpha value is -1.02. The smallest absolute Gasteiger partial charge is 0.119 e. The second-order valence-corrected chi connectivity index (χ2v) is 5.46. The molecule has 2 heterocycles. The van der Waals surface area contributed by atoms with Crippen LogP contribution < -0.4 is 4.74 Å². The lowest BCUT2D eigenvalue weighted by Crippen LogP contribution is -2.38. The standard InChI is InChI=1S/C15H20O2/c1-12-4-2-5-14(10-12)16-11-15-8-3-6-13(17-15)7-9-15/h2,4-5,10,13H,3,6-9,11H2,1H3. The largest absolute Gasteiger partial charge is 0.491 e. The molecule has 1 aromatic carbocycles. The molecule has 2 heteroatoms. The van der Waals surface area contributed by atoms with E-state index in [1.807, 2.05) is 12.1 Å². The van der Waals surface area contributed by atoms with Gasteiger partial charge in [0.2, 0.25) is 0 Å². The van der Waals surface area contributed by atoms with Crippen molar-refractivity contribution in [2.75, 3.05) is 6.61 Å². The zero-order valence-corrected chi connectivity index (χ0v) is 10.4. The van der Waals surface area contributed by atoms with Crippen molar-refractivity contribution in [3.8, 4) is 5.75 Å². The second kappa shape index (κ2) is 4.34. The number of hydrogen-bond donors (Lipinski definition) is 0. The van der Waals surface area contributed by atoms with E-state index in [2.05, 4.69) is 19.1 Å². The number of fused-ring (bicyclic) bond motifs is 2. The predicted molar refractivity (Wildman–Crippen MR) is 67.4 cm³/mol. The van der Waals surface area contributed by atoms with E-state index in [-0.39, 0.29) is 5.60 Å². The van der Waals surface area contributed by atoms with Crippen molar-refractivity contribution in [1.82, 2.24) is 0 Å². The molecule has 0 saturated carbocycles. The number of benzene rings is 1. The molecule has 2 aliphatic rings. The molecule has 17 heavy (non-hydrogen) atoms. The van der Waals surface area contributed by atoms with Gasteiger partial charge in [-0.15, -0.1) is 0 Å². The summed E-state index contributed by atoms with van der Waals surface area (Å²) in [6, 6.07) is 8.25. The van der Waals surface area contributed by atoms with Crippen molar-refractivity contribution in [3.63, 3.8) is 0 Å². The third kappa shape index (κ3) is 2.32. The van der Waals surface area contributed by atoms with Crippen LogP contribution in [-0.2, 0) is 4.74 Å². The average molecular weight is 232 g/mol. The fraction of sp³-hybridized carbons (Fsp3) is 0.600. The van der Waals surface area contributed by atoms with E-state index in [1.54, 1.807) is 0 Å². The molecular weight excluding hydrogens is 212 g/mol. The van der Waals surface area contributed by atoms with E-state index in [0.29, 0.717) is 12.7 Å². The van der Waals surface area contributed by atoms with Crippen molar-refractivity contribution in [2.45, 2.75) is 50.7 Å². The third-order valence-electron chi connectivity index (χ3n) is 3.99. The summed E-state index contributed by atoms with van der Waals surface area (Å²) >= 11 is 0. The average Bonchev–Trinajstić information content (AvgIpc) is 2.63. The Kier molecular flexibility index (Phi) is 2.83. The van der Waals surface area contributed by atoms with Gasteiger partial charge in [-0.05, 0) is 56.7 Å². The van der Waals surface area contributed by atoms with E-state index in [9.17, 15) is 0 Å². The fourth-order valence-electron chi connectivity index (χ4n) is 3.03. The Labute approximate surface area is 103 Å². The van der Waals surface area contributed by atoms with Crippen LogP contribution in [0.25, 0.3) is 0 Å². The summed E-state index contributed by atoms with van der Waals surface area (Å²) in [5, 5.41) is 0. The molecule has 2 fully saturated rings. The minimum absolute atomic E-state index is 0.0205. The van der Waals surface area contributed by atoms with Crippen LogP contribution in [0.15, 0.2) is 24.3 Å². The summed E-state index contributed by atoms with van der Waals surface area (Å²) in [6.45, 7) is 2.81. The van der Waals surface area contributed by atoms with Crippen molar-refractivity contribution in [2.24, 2.45) is 0 Å². The molecule has 92 valence electrons. The van der Waals surface area contributed by atoms with Crippen LogP contribution in [0.4, 0.5) is 0 Å². The summed E-state index contributed by atoms with van der Waals surface area (Å²) in [4.78, 5) is 0. The van der Waals surface area contributed by atoms with E-state index >= 15 is 0 Å². The van der Waals surface area contributed by atoms with Gasteiger partial charge in [0.1, 0.15) is 18.0 Å². The topological polar surface area (TPSA) is 18.5 Å². The van der Waals surface area contributed by atoms with Gasteiger partial charge in [0, 0.05) is 0 Å². The molecule has 3 rings (SSSR count). The van der Waals surface area contributed by atoms with Crippen LogP contribution in [0, 0.1) is 6.92 Å². The van der Waals surface area contributed by atoms with Gasteiger partial charge < -0.3 is 9.47 Å². The van der Waals surface area contributed by atoms with Crippen LogP contribution in [0.3, 0.4) is 0 Å². The van der Waals surface area contributed by atoms with Crippen LogP contribution in [0.1, 0.15) is 37.7 Å². The molecule has 2 nitrogen and oxygen atoms in total. The van der Waals surface area contributed by atoms with Crippen molar-refractivity contribution < 1.29 is 9.47 Å². The first-order valence-corrected chi connectivity index (χ1v) is 6.63. The summed E-state index contributed by atoms with van der Waals surface area (Å²) in [7, 11) is 0. The molecule has 2 unspecified atom stereocenters. The van der Waals surface area contributed by atoms with Crippen molar-refractivity contribution in [3.05, 3.63) is 29.8 Å². The van der Waals surface area contributed by atoms with Gasteiger partial charge in [-0.25, -0.2) is 0 Å². The van der Waals surface area contributed by atoms with Crippen LogP contribution in [-0.4, -0.2) is 18.3 Å². The first-order chi connectivity index (χ1) is 8.26. The summed E-state index contributed by atoms with van der Waals surface area (Å²) in [6.07, 6.45) is 6.59. The van der Waals surface area contributed by atoms with Gasteiger partial charge in [-0.1, -0.05) is 12.1 Å². The fourth-order valence-corrected chi connectivity index (χ4v) is 3.03. The molecule has 0 spiro atoms. The highest BCUT2D eigenvalue weighted by Crippen LogP contribution is 2.41. The zero-order valence-electron chi connectivity index (χ0n) is 10.4. The Morgan fingerprint density at radius 3 is 3.18 bits per heavy atom. The van der Waals surface area contributed by atoms with E-state index in [1.165, 1.54) is 31.2 Å². The Morgan fingerprint density at radius 1 is 1.35 bits per heavy atom. The highest BCUT2D eigenvalue weighted by Gasteiger charge is 2.43. The molecule has 2 saturated heterocycles. The Bertz CT molecular complexity index is 398. The lowest BCUT2D eigenvalue weighted by molar-refractivity contribution is -0.0977. The zero-order chi connectivity index (χ0) is 11.7. The SMILES string of the molecule is Cc1cccc(OCC23CCCC(CC2)O3)c1. The van der Waals surface area contributed by atoms with E-state index in [4.69, 9.17) is 9.47 Å². The first kappa shape index (κ1) is 11.1. The van der Waals surface area contributed by atoms with Gasteiger partial charge in [-0.2, -0.15) is 0 Å². The summed E-state index contributed by atoms with van der Waals surface area (Å²) in [5.74, 6) is 0.969. The minimum Gasteiger partial charge on any atom is -0.491 e. The molecule has 0 aromatic heterocycles. The Balaban J connectivity index is 1.64. The quantitative estimate of drug-likeness (QED) is 0.794. The lowest BCUT2D eigenvalue weighted by Gasteiger charge is -2.33. The highest BCUT2D eigenvalue weighted by molar-refractivity contribution is 5.27.